The summed E-state index contributed by atoms with van der Waals surface area (Å²) < 4.78 is 0.895. The number of nitriles is 2. The van der Waals surface area contributed by atoms with E-state index in [4.69, 9.17) is 0 Å². The number of carbonyl (C=O) groups excluding carboxylic acids is 2. The number of rotatable bonds is 33. The van der Waals surface area contributed by atoms with Crippen LogP contribution >= 0.6 is 0 Å². The lowest BCUT2D eigenvalue weighted by Crippen LogP contribution is -2.42. The van der Waals surface area contributed by atoms with Crippen LogP contribution in [-0.4, -0.2) is 85.4 Å². The predicted molar refractivity (Wildman–Crippen MR) is 309 cm³/mol. The van der Waals surface area contributed by atoms with E-state index in [1.54, 1.807) is 48.5 Å². The van der Waals surface area contributed by atoms with Crippen LogP contribution in [0.3, 0.4) is 0 Å². The smallest absolute Gasteiger partial charge is 0.271 e. The summed E-state index contributed by atoms with van der Waals surface area (Å²) in [6.45, 7) is 22.3. The van der Waals surface area contributed by atoms with Crippen molar-refractivity contribution in [3.63, 3.8) is 0 Å². The zero-order valence-corrected chi connectivity index (χ0v) is 48.6. The van der Waals surface area contributed by atoms with Gasteiger partial charge in [-0.15, -0.1) is 10.2 Å². The minimum atomic E-state index is -1.67. The van der Waals surface area contributed by atoms with Gasteiger partial charge in [0.25, 0.3) is 17.4 Å². The molecule has 0 bridgehead atoms. The third kappa shape index (κ3) is 17.4. The molecule has 2 heterocycles. The number of hydrogen-bond donors (Lipinski definition) is 3. The molecule has 1 aliphatic rings. The van der Waals surface area contributed by atoms with Gasteiger partial charge in [-0.05, 0) is 99.6 Å². The molecule has 0 radical (unpaired) electrons. The number of allylic oxidation sites excluding steroid dienone is 1. The van der Waals surface area contributed by atoms with E-state index in [0.29, 0.717) is 72.4 Å². The summed E-state index contributed by atoms with van der Waals surface area (Å²) in [6, 6.07) is 17.6. The van der Waals surface area contributed by atoms with E-state index in [1.807, 2.05) is 21.9 Å². The normalized spacial score (nSPS) is 15.4. The second-order valence-corrected chi connectivity index (χ2v) is 21.2. The topological polar surface area (TPSA) is 224 Å². The van der Waals surface area contributed by atoms with Gasteiger partial charge in [0.1, 0.15) is 17.3 Å². The fourth-order valence-electron chi connectivity index (χ4n) is 10.2. The van der Waals surface area contributed by atoms with E-state index < -0.39 is 30.1 Å². The summed E-state index contributed by atoms with van der Waals surface area (Å²) in [5.74, 6) is 0.134. The Morgan fingerprint density at radius 2 is 1.05 bits per heavy atom. The molecule has 5 unspecified atom stereocenters. The molecule has 0 aliphatic carbocycles. The highest BCUT2D eigenvalue weighted by Gasteiger charge is 2.34. The van der Waals surface area contributed by atoms with Crippen molar-refractivity contribution in [1.82, 2.24) is 19.3 Å². The fourth-order valence-corrected chi connectivity index (χ4v) is 10.2. The van der Waals surface area contributed by atoms with E-state index in [1.165, 1.54) is 13.8 Å². The van der Waals surface area contributed by atoms with Gasteiger partial charge in [-0.25, -0.2) is 0 Å². The van der Waals surface area contributed by atoms with Crippen molar-refractivity contribution >= 4 is 28.9 Å². The molecule has 0 saturated carbocycles. The van der Waals surface area contributed by atoms with E-state index in [-0.39, 0.29) is 52.0 Å². The van der Waals surface area contributed by atoms with Crippen LogP contribution in [0.25, 0.3) is 0 Å². The van der Waals surface area contributed by atoms with Crippen LogP contribution in [-0.2, 0) is 6.54 Å². The molecular formula is C62H90N10O6. The number of nitrogens with zero attached hydrogens (tertiary/aromatic N) is 10. The molecule has 0 fully saturated rings. The largest absolute Gasteiger partial charge is 0.493 e. The molecule has 3 N–H and O–H groups in total. The van der Waals surface area contributed by atoms with E-state index >= 15 is 0 Å². The molecule has 5 atom stereocenters. The summed E-state index contributed by atoms with van der Waals surface area (Å²) in [6.07, 6.45) is 15.2. The number of carbonyl (C=O) groups is 2. The molecule has 2 aromatic carbocycles. The maximum atomic E-state index is 14.4. The van der Waals surface area contributed by atoms with Gasteiger partial charge >= 0.3 is 0 Å². The lowest BCUT2D eigenvalue weighted by atomic mass is 9.95. The molecule has 0 saturated heterocycles. The average molecular weight is 1070 g/mol. The first kappa shape index (κ1) is 63.9. The third-order valence-electron chi connectivity index (χ3n) is 15.6. The number of aromatic hydroxyl groups is 1. The number of aliphatic hydroxyl groups excluding tert-OH is 2. The summed E-state index contributed by atoms with van der Waals surface area (Å²) in [5.41, 5.74) is 0.199. The van der Waals surface area contributed by atoms with Crippen molar-refractivity contribution in [3.05, 3.63) is 104 Å². The third-order valence-corrected chi connectivity index (χ3v) is 15.6. The van der Waals surface area contributed by atoms with Crippen LogP contribution in [0.5, 0.6) is 5.88 Å². The summed E-state index contributed by atoms with van der Waals surface area (Å²) in [7, 11) is 0. The highest BCUT2D eigenvalue weighted by Crippen LogP contribution is 2.35. The van der Waals surface area contributed by atoms with Crippen LogP contribution in [0.2, 0.25) is 0 Å². The minimum absolute atomic E-state index is 0.0790. The first-order chi connectivity index (χ1) is 37.6. The Labute approximate surface area is 465 Å². The monoisotopic (exact) mass is 1070 g/mol. The number of benzene rings is 2. The number of aliphatic hydroxyl groups is 2. The van der Waals surface area contributed by atoms with Crippen molar-refractivity contribution in [2.75, 3.05) is 32.7 Å². The number of hydrogen-bond acceptors (Lipinski definition) is 13. The highest BCUT2D eigenvalue weighted by atomic mass is 16.3. The highest BCUT2D eigenvalue weighted by molar-refractivity contribution is 5.95. The number of azo groups is 2. The van der Waals surface area contributed by atoms with Gasteiger partial charge < -0.3 is 30.0 Å². The lowest BCUT2D eigenvalue weighted by molar-refractivity contribution is 0.0171. The quantitative estimate of drug-likeness (QED) is 0.0493. The van der Waals surface area contributed by atoms with Crippen molar-refractivity contribution in [1.29, 1.82) is 10.5 Å². The Morgan fingerprint density at radius 1 is 0.628 bits per heavy atom. The van der Waals surface area contributed by atoms with Crippen LogP contribution in [0.4, 0.5) is 17.1 Å². The molecular weight excluding hydrogens is 981 g/mol. The first-order valence-corrected chi connectivity index (χ1v) is 29.1. The average Bonchev–Trinajstić information content (AvgIpc) is 3.47. The van der Waals surface area contributed by atoms with Gasteiger partial charge in [-0.2, -0.15) is 20.8 Å². The van der Waals surface area contributed by atoms with Crippen LogP contribution in [0.1, 0.15) is 197 Å². The van der Waals surface area contributed by atoms with E-state index in [2.05, 4.69) is 75.8 Å². The Kier molecular flexibility index (Phi) is 27.0. The number of amides is 2. The summed E-state index contributed by atoms with van der Waals surface area (Å²) in [4.78, 5) is 47.6. The number of aromatic nitrogens is 1. The molecule has 16 nitrogen and oxygen atoms in total. The Bertz CT molecular complexity index is 2680. The molecule has 0 spiro atoms. The van der Waals surface area contributed by atoms with Crippen LogP contribution in [0, 0.1) is 53.3 Å². The van der Waals surface area contributed by atoms with E-state index in [9.17, 15) is 40.2 Å². The maximum absolute atomic E-state index is 14.4. The number of pyridine rings is 1. The SMILES string of the molecule is CCCCC(CC)CN(CC(CC)CCCC)C(=O)c1cccc(/N=N/C2=C(O)N(CCn3c(O)c(/N=N/c4cccc(C(=O)N(CC(CC)CCCC)CC(CC)CCCC)c4)c(C)c(C#N)c3=O)C(O)C(C#N)=C2C)c1. The van der Waals surface area contributed by atoms with Gasteiger partial charge in [0.05, 0.1) is 23.0 Å². The van der Waals surface area contributed by atoms with Gasteiger partial charge in [-0.3, -0.25) is 19.0 Å². The Hall–Kier alpha value is -6.65. The maximum Gasteiger partial charge on any atom is 0.271 e. The molecule has 2 amide bonds. The van der Waals surface area contributed by atoms with E-state index in [0.717, 1.165) is 112 Å². The zero-order valence-electron chi connectivity index (χ0n) is 48.6. The van der Waals surface area contributed by atoms with Crippen molar-refractivity contribution < 1.29 is 24.9 Å². The molecule has 3 aromatic rings. The van der Waals surface area contributed by atoms with Gasteiger partial charge in [0.15, 0.2) is 11.9 Å². The van der Waals surface area contributed by atoms with Gasteiger partial charge in [-0.1, -0.05) is 145 Å². The van der Waals surface area contributed by atoms with Crippen LogP contribution < -0.4 is 5.56 Å². The first-order valence-electron chi connectivity index (χ1n) is 29.1. The fraction of sp³-hybridized carbons (Fsp3) is 0.597. The molecule has 424 valence electrons. The Balaban J connectivity index is 1.66. The van der Waals surface area contributed by atoms with Gasteiger partial charge in [0.2, 0.25) is 11.8 Å². The van der Waals surface area contributed by atoms with Crippen LogP contribution in [0.15, 0.2) is 96.5 Å². The molecule has 78 heavy (non-hydrogen) atoms. The molecule has 16 heteroatoms. The van der Waals surface area contributed by atoms with Crippen molar-refractivity contribution in [2.45, 2.75) is 185 Å². The molecule has 1 aliphatic heterocycles. The second-order valence-electron chi connectivity index (χ2n) is 21.2. The predicted octanol–water partition coefficient (Wildman–Crippen LogP) is 14.9. The van der Waals surface area contributed by atoms with Gasteiger partial charge in [0, 0.05) is 61.5 Å². The van der Waals surface area contributed by atoms with Crippen molar-refractivity contribution in [2.24, 2.45) is 44.1 Å². The molecule has 4 rings (SSSR count). The minimum Gasteiger partial charge on any atom is -0.493 e. The summed E-state index contributed by atoms with van der Waals surface area (Å²) >= 11 is 0. The standard InChI is InChI=1S/C62H90N10O6/c1-11-19-25-45(15-5)39-69(40-46(16-6)26-20-12-2)57(73)49-29-23-31-51(35-49)65-67-55-43(9)53(37-63)59(75)71(61(55)77)33-34-72-60(76)54(38-64)44(10)56(62(72)78)68-66-52-32-24-30-50(36-52)58(74)70(41-47(17-7)27-21-13-3)42-48(18-8)28-22-14-4/h23-24,29-32,35-36,45-48,59,75,77-78H,11-22,25-28,33-34,39-42H2,1-10H3/b67-65+,68-66+. The second kappa shape index (κ2) is 32.9. The van der Waals surface area contributed by atoms with Crippen molar-refractivity contribution in [3.8, 4) is 18.0 Å². The Morgan fingerprint density at radius 3 is 1.44 bits per heavy atom. The lowest BCUT2D eigenvalue weighted by Gasteiger charge is -2.33. The zero-order chi connectivity index (χ0) is 57.3. The number of unbranched alkanes of at least 4 members (excludes halogenated alkanes) is 4. The molecule has 1 aromatic heterocycles. The summed E-state index contributed by atoms with van der Waals surface area (Å²) in [5, 5.41) is 72.8.